The van der Waals surface area contributed by atoms with E-state index in [1.165, 1.54) is 5.56 Å². The summed E-state index contributed by atoms with van der Waals surface area (Å²) in [6, 6.07) is 17.3. The fourth-order valence-corrected chi connectivity index (χ4v) is 2.46. The first-order valence-electron chi connectivity index (χ1n) is 7.55. The predicted octanol–water partition coefficient (Wildman–Crippen LogP) is 4.49. The van der Waals surface area contributed by atoms with E-state index >= 15 is 0 Å². The van der Waals surface area contributed by atoms with Crippen LogP contribution in [0.2, 0.25) is 0 Å². The van der Waals surface area contributed by atoms with Crippen molar-refractivity contribution in [3.05, 3.63) is 71.5 Å². The first-order chi connectivity index (χ1) is 10.7. The third-order valence-electron chi connectivity index (χ3n) is 3.84. The molecule has 0 saturated heterocycles. The summed E-state index contributed by atoms with van der Waals surface area (Å²) in [7, 11) is 0. The average molecular weight is 293 g/mol. The molecule has 3 rings (SSSR count). The molecular formula is C19H19NO2. The molecule has 0 radical (unpaired) electrons. The number of hydrogen-bond acceptors (Lipinski definition) is 2. The fraction of sp³-hybridized carbons (Fsp3) is 0.211. The van der Waals surface area contributed by atoms with Gasteiger partial charge in [0.1, 0.15) is 11.3 Å². The van der Waals surface area contributed by atoms with E-state index in [-0.39, 0.29) is 11.9 Å². The first-order valence-corrected chi connectivity index (χ1v) is 7.55. The van der Waals surface area contributed by atoms with Gasteiger partial charge in [0.25, 0.3) is 5.91 Å². The molecule has 1 atom stereocenters. The van der Waals surface area contributed by atoms with Crippen LogP contribution in [0.1, 0.15) is 41.6 Å². The Labute approximate surface area is 130 Å². The van der Waals surface area contributed by atoms with Crippen molar-refractivity contribution in [1.82, 2.24) is 5.32 Å². The Morgan fingerprint density at radius 3 is 2.55 bits per heavy atom. The molecular weight excluding hydrogens is 274 g/mol. The molecule has 0 saturated carbocycles. The maximum atomic E-state index is 12.3. The van der Waals surface area contributed by atoms with Crippen LogP contribution >= 0.6 is 0 Å². The number of hydrogen-bond donors (Lipinski definition) is 1. The molecule has 0 aliphatic carbocycles. The zero-order chi connectivity index (χ0) is 15.5. The van der Waals surface area contributed by atoms with Crippen LogP contribution in [-0.4, -0.2) is 5.91 Å². The summed E-state index contributed by atoms with van der Waals surface area (Å²) in [4.78, 5) is 12.3. The van der Waals surface area contributed by atoms with Crippen LogP contribution in [-0.2, 0) is 6.42 Å². The number of nitrogens with one attached hydrogen (secondary N) is 1. The van der Waals surface area contributed by atoms with Crippen LogP contribution in [0, 0.1) is 0 Å². The van der Waals surface area contributed by atoms with Crippen molar-refractivity contribution in [1.29, 1.82) is 0 Å². The van der Waals surface area contributed by atoms with Crippen LogP contribution in [0.3, 0.4) is 0 Å². The Morgan fingerprint density at radius 1 is 1.14 bits per heavy atom. The van der Waals surface area contributed by atoms with E-state index < -0.39 is 0 Å². The first kappa shape index (κ1) is 14.4. The Hall–Kier alpha value is -2.55. The number of furan rings is 1. The van der Waals surface area contributed by atoms with Gasteiger partial charge in [-0.2, -0.15) is 0 Å². The Kier molecular flexibility index (Phi) is 3.96. The van der Waals surface area contributed by atoms with Gasteiger partial charge in [-0.3, -0.25) is 4.79 Å². The molecule has 0 aliphatic rings. The minimum absolute atomic E-state index is 0.0874. The average Bonchev–Trinajstić information content (AvgIpc) is 2.99. The number of benzene rings is 2. The SMILES string of the molecule is CCc1ccc(C(=O)N[C@@H](C)c2cc3ccccc3o2)cc1. The number of para-hydroxylation sites is 1. The molecule has 3 heteroatoms. The molecule has 0 spiro atoms. The van der Waals surface area contributed by atoms with E-state index in [0.717, 1.165) is 23.2 Å². The van der Waals surface area contributed by atoms with Crippen molar-refractivity contribution in [3.8, 4) is 0 Å². The van der Waals surface area contributed by atoms with Gasteiger partial charge in [0, 0.05) is 10.9 Å². The monoisotopic (exact) mass is 293 g/mol. The molecule has 1 heterocycles. The number of aryl methyl sites for hydroxylation is 1. The molecule has 3 nitrogen and oxygen atoms in total. The molecule has 0 unspecified atom stereocenters. The molecule has 0 bridgehead atoms. The van der Waals surface area contributed by atoms with Gasteiger partial charge in [-0.05, 0) is 43.2 Å². The van der Waals surface area contributed by atoms with E-state index in [2.05, 4.69) is 12.2 Å². The number of carbonyl (C=O) groups is 1. The number of amides is 1. The summed E-state index contributed by atoms with van der Waals surface area (Å²) in [5, 5.41) is 4.03. The summed E-state index contributed by atoms with van der Waals surface area (Å²) in [6.45, 7) is 4.02. The number of fused-ring (bicyclic) bond motifs is 1. The smallest absolute Gasteiger partial charge is 0.251 e. The van der Waals surface area contributed by atoms with Gasteiger partial charge in [0.05, 0.1) is 6.04 Å². The van der Waals surface area contributed by atoms with Gasteiger partial charge < -0.3 is 9.73 Å². The molecule has 112 valence electrons. The highest BCUT2D eigenvalue weighted by Gasteiger charge is 2.15. The van der Waals surface area contributed by atoms with E-state index in [4.69, 9.17) is 4.42 Å². The van der Waals surface area contributed by atoms with Crippen LogP contribution in [0.15, 0.2) is 59.0 Å². The van der Waals surface area contributed by atoms with Crippen LogP contribution in [0.4, 0.5) is 0 Å². The van der Waals surface area contributed by atoms with Crippen molar-refractivity contribution < 1.29 is 9.21 Å². The lowest BCUT2D eigenvalue weighted by Crippen LogP contribution is -2.26. The standard InChI is InChI=1S/C19H19NO2/c1-3-14-8-10-15(11-9-14)19(21)20-13(2)18-12-16-6-4-5-7-17(16)22-18/h4-13H,3H2,1-2H3,(H,20,21)/t13-/m0/s1. The molecule has 0 fully saturated rings. The molecule has 22 heavy (non-hydrogen) atoms. The van der Waals surface area contributed by atoms with Crippen molar-refractivity contribution in [2.75, 3.05) is 0 Å². The number of rotatable bonds is 4. The zero-order valence-electron chi connectivity index (χ0n) is 12.8. The lowest BCUT2D eigenvalue weighted by atomic mass is 10.1. The van der Waals surface area contributed by atoms with E-state index in [1.54, 1.807) is 0 Å². The molecule has 1 amide bonds. The fourth-order valence-electron chi connectivity index (χ4n) is 2.46. The van der Waals surface area contributed by atoms with Crippen LogP contribution < -0.4 is 5.32 Å². The third-order valence-corrected chi connectivity index (χ3v) is 3.84. The maximum absolute atomic E-state index is 12.3. The molecule has 0 aliphatic heterocycles. The lowest BCUT2D eigenvalue weighted by Gasteiger charge is -2.11. The summed E-state index contributed by atoms with van der Waals surface area (Å²) >= 11 is 0. The summed E-state index contributed by atoms with van der Waals surface area (Å²) < 4.78 is 5.79. The number of carbonyl (C=O) groups excluding carboxylic acids is 1. The van der Waals surface area contributed by atoms with E-state index in [0.29, 0.717) is 5.56 Å². The second-order valence-electron chi connectivity index (χ2n) is 5.43. The maximum Gasteiger partial charge on any atom is 0.251 e. The molecule has 1 aromatic heterocycles. The van der Waals surface area contributed by atoms with Crippen LogP contribution in [0.25, 0.3) is 11.0 Å². The van der Waals surface area contributed by atoms with Gasteiger partial charge in [-0.25, -0.2) is 0 Å². The summed E-state index contributed by atoms with van der Waals surface area (Å²) in [5.41, 5.74) is 2.73. The largest absolute Gasteiger partial charge is 0.459 e. The minimum Gasteiger partial charge on any atom is -0.459 e. The Morgan fingerprint density at radius 2 is 1.86 bits per heavy atom. The highest BCUT2D eigenvalue weighted by atomic mass is 16.3. The van der Waals surface area contributed by atoms with Crippen molar-refractivity contribution in [2.45, 2.75) is 26.3 Å². The van der Waals surface area contributed by atoms with Crippen molar-refractivity contribution in [3.63, 3.8) is 0 Å². The zero-order valence-corrected chi connectivity index (χ0v) is 12.8. The highest BCUT2D eigenvalue weighted by Crippen LogP contribution is 2.23. The van der Waals surface area contributed by atoms with Crippen LogP contribution in [0.5, 0.6) is 0 Å². The second kappa shape index (κ2) is 6.06. The van der Waals surface area contributed by atoms with Gasteiger partial charge in [-0.1, -0.05) is 37.3 Å². The third kappa shape index (κ3) is 2.89. The molecule has 3 aromatic rings. The normalized spacial score (nSPS) is 12.3. The predicted molar refractivity (Wildman–Crippen MR) is 87.9 cm³/mol. The van der Waals surface area contributed by atoms with Crippen molar-refractivity contribution in [2.24, 2.45) is 0 Å². The summed E-state index contributed by atoms with van der Waals surface area (Å²) in [6.07, 6.45) is 0.970. The quantitative estimate of drug-likeness (QED) is 0.770. The Bertz CT molecular complexity index is 754. The Balaban J connectivity index is 1.74. The van der Waals surface area contributed by atoms with Gasteiger partial charge >= 0.3 is 0 Å². The van der Waals surface area contributed by atoms with Gasteiger partial charge in [-0.15, -0.1) is 0 Å². The molecule has 1 N–H and O–H groups in total. The minimum atomic E-state index is -0.175. The van der Waals surface area contributed by atoms with E-state index in [9.17, 15) is 4.79 Å². The van der Waals surface area contributed by atoms with Crippen molar-refractivity contribution >= 4 is 16.9 Å². The highest BCUT2D eigenvalue weighted by molar-refractivity contribution is 5.94. The van der Waals surface area contributed by atoms with E-state index in [1.807, 2.05) is 61.5 Å². The topological polar surface area (TPSA) is 42.2 Å². The van der Waals surface area contributed by atoms with Gasteiger partial charge in [0.2, 0.25) is 0 Å². The molecule has 2 aromatic carbocycles. The summed E-state index contributed by atoms with van der Waals surface area (Å²) in [5.74, 6) is 0.676. The lowest BCUT2D eigenvalue weighted by molar-refractivity contribution is 0.0935. The van der Waals surface area contributed by atoms with Gasteiger partial charge in [0.15, 0.2) is 0 Å². The second-order valence-corrected chi connectivity index (χ2v) is 5.43.